The number of thiophene rings is 1. The summed E-state index contributed by atoms with van der Waals surface area (Å²) < 4.78 is 6.58. The van der Waals surface area contributed by atoms with E-state index in [1.165, 1.54) is 15.9 Å². The van der Waals surface area contributed by atoms with Crippen LogP contribution in [0.25, 0.3) is 10.2 Å². The Balaban J connectivity index is 2.20. The molecule has 120 valence electrons. The van der Waals surface area contributed by atoms with Gasteiger partial charge in [-0.15, -0.1) is 11.3 Å². The molecule has 0 saturated heterocycles. The number of hydrogen-bond acceptors (Lipinski definition) is 5. The van der Waals surface area contributed by atoms with E-state index in [4.69, 9.17) is 4.74 Å². The fraction of sp³-hybridized carbons (Fsp3) is 0.562. The Labute approximate surface area is 133 Å². The number of esters is 1. The Bertz CT molecular complexity index is 731. The number of aromatic nitrogens is 2. The van der Waals surface area contributed by atoms with Crippen molar-refractivity contribution in [3.05, 3.63) is 27.1 Å². The molecular weight excluding hydrogens is 300 g/mol. The summed E-state index contributed by atoms with van der Waals surface area (Å²) in [7, 11) is 0. The molecule has 0 aliphatic rings. The normalized spacial score (nSPS) is 11.3. The van der Waals surface area contributed by atoms with Crippen LogP contribution in [0, 0.1) is 12.8 Å². The van der Waals surface area contributed by atoms with E-state index in [2.05, 4.69) is 18.8 Å². The van der Waals surface area contributed by atoms with Gasteiger partial charge in [-0.2, -0.15) is 0 Å². The Hall–Kier alpha value is -1.69. The molecule has 0 unspecified atom stereocenters. The van der Waals surface area contributed by atoms with E-state index in [-0.39, 0.29) is 12.1 Å². The summed E-state index contributed by atoms with van der Waals surface area (Å²) in [6.07, 6.45) is 1.69. The molecule has 0 bridgehead atoms. The van der Waals surface area contributed by atoms with Crippen LogP contribution >= 0.6 is 11.3 Å². The van der Waals surface area contributed by atoms with Gasteiger partial charge in [-0.05, 0) is 31.7 Å². The van der Waals surface area contributed by atoms with Crippen molar-refractivity contribution in [2.45, 2.75) is 47.1 Å². The summed E-state index contributed by atoms with van der Waals surface area (Å²) in [5.41, 5.74) is -0.167. The van der Waals surface area contributed by atoms with Crippen LogP contribution in [0.5, 0.6) is 0 Å². The van der Waals surface area contributed by atoms with E-state index < -0.39 is 5.97 Å². The molecular formula is C16H22N2O3S. The second-order valence-corrected chi connectivity index (χ2v) is 6.85. The maximum absolute atomic E-state index is 12.5. The predicted molar refractivity (Wildman–Crippen MR) is 88.4 cm³/mol. The van der Waals surface area contributed by atoms with Gasteiger partial charge < -0.3 is 4.74 Å². The molecule has 0 N–H and O–H groups in total. The minimum absolute atomic E-state index is 0.0804. The first kappa shape index (κ1) is 16.7. The molecule has 22 heavy (non-hydrogen) atoms. The summed E-state index contributed by atoms with van der Waals surface area (Å²) in [4.78, 5) is 30.7. The first-order valence-corrected chi connectivity index (χ1v) is 8.39. The largest absolute Gasteiger partial charge is 0.464 e. The maximum Gasteiger partial charge on any atom is 0.326 e. The van der Waals surface area contributed by atoms with Gasteiger partial charge in [-0.1, -0.05) is 20.8 Å². The van der Waals surface area contributed by atoms with Crippen molar-refractivity contribution < 1.29 is 9.53 Å². The predicted octanol–water partition coefficient (Wildman–Crippen LogP) is 2.92. The molecule has 0 radical (unpaired) electrons. The molecule has 2 rings (SSSR count). The van der Waals surface area contributed by atoms with Crippen LogP contribution in [-0.4, -0.2) is 22.1 Å². The summed E-state index contributed by atoms with van der Waals surface area (Å²) in [6.45, 7) is 8.24. The highest BCUT2D eigenvalue weighted by Gasteiger charge is 2.14. The van der Waals surface area contributed by atoms with Gasteiger partial charge in [0.1, 0.15) is 17.2 Å². The van der Waals surface area contributed by atoms with E-state index in [0.29, 0.717) is 23.7 Å². The zero-order chi connectivity index (χ0) is 16.3. The highest BCUT2D eigenvalue weighted by atomic mass is 32.1. The summed E-state index contributed by atoms with van der Waals surface area (Å²) >= 11 is 1.53. The van der Waals surface area contributed by atoms with Crippen LogP contribution < -0.4 is 5.56 Å². The van der Waals surface area contributed by atoms with Gasteiger partial charge in [0.15, 0.2) is 0 Å². The lowest BCUT2D eigenvalue weighted by atomic mass is 10.1. The minimum atomic E-state index is -0.391. The van der Waals surface area contributed by atoms with Crippen molar-refractivity contribution in [2.24, 2.45) is 5.92 Å². The topological polar surface area (TPSA) is 61.2 Å². The average Bonchev–Trinajstić information content (AvgIpc) is 2.86. The van der Waals surface area contributed by atoms with Crippen molar-refractivity contribution >= 4 is 27.5 Å². The number of nitrogens with zero attached hydrogens (tertiary/aromatic N) is 2. The highest BCUT2D eigenvalue weighted by molar-refractivity contribution is 7.18. The molecule has 0 fully saturated rings. The van der Waals surface area contributed by atoms with Crippen LogP contribution in [0.3, 0.4) is 0 Å². The molecule has 0 amide bonds. The van der Waals surface area contributed by atoms with E-state index in [1.807, 2.05) is 13.0 Å². The molecule has 0 aromatic carbocycles. The van der Waals surface area contributed by atoms with Gasteiger partial charge in [0.05, 0.1) is 12.0 Å². The lowest BCUT2D eigenvalue weighted by Crippen LogP contribution is -2.28. The first-order valence-electron chi connectivity index (χ1n) is 7.57. The molecule has 0 saturated carbocycles. The quantitative estimate of drug-likeness (QED) is 0.767. The molecule has 2 heterocycles. The van der Waals surface area contributed by atoms with Crippen molar-refractivity contribution in [3.8, 4) is 0 Å². The van der Waals surface area contributed by atoms with Gasteiger partial charge >= 0.3 is 5.97 Å². The molecule has 0 atom stereocenters. The fourth-order valence-electron chi connectivity index (χ4n) is 2.11. The number of aryl methyl sites for hydroxylation is 2. The number of carbonyl (C=O) groups is 1. The first-order chi connectivity index (χ1) is 10.4. The van der Waals surface area contributed by atoms with Gasteiger partial charge in [0, 0.05) is 4.88 Å². The molecule has 5 nitrogen and oxygen atoms in total. The van der Waals surface area contributed by atoms with Crippen molar-refractivity contribution in [3.63, 3.8) is 0 Å². The maximum atomic E-state index is 12.5. The molecule has 0 aliphatic heterocycles. The lowest BCUT2D eigenvalue weighted by Gasteiger charge is -2.10. The Morgan fingerprint density at radius 1 is 1.45 bits per heavy atom. The number of carbonyl (C=O) groups excluding carboxylic acids is 1. The lowest BCUT2D eigenvalue weighted by molar-refractivity contribution is -0.144. The van der Waals surface area contributed by atoms with E-state index in [9.17, 15) is 9.59 Å². The number of fused-ring (bicyclic) bond motifs is 1. The van der Waals surface area contributed by atoms with E-state index in [0.717, 1.165) is 22.5 Å². The molecule has 2 aromatic heterocycles. The van der Waals surface area contributed by atoms with Crippen molar-refractivity contribution in [2.75, 3.05) is 6.61 Å². The number of ether oxygens (including phenoxy) is 1. The van der Waals surface area contributed by atoms with Crippen LogP contribution in [0.1, 0.15) is 37.9 Å². The van der Waals surface area contributed by atoms with Crippen LogP contribution in [0.2, 0.25) is 0 Å². The van der Waals surface area contributed by atoms with Gasteiger partial charge in [-0.3, -0.25) is 14.2 Å². The Kier molecular flexibility index (Phi) is 5.34. The summed E-state index contributed by atoms with van der Waals surface area (Å²) in [6, 6.07) is 1.87. The fourth-order valence-corrected chi connectivity index (χ4v) is 3.11. The van der Waals surface area contributed by atoms with E-state index in [1.54, 1.807) is 6.92 Å². The Morgan fingerprint density at radius 3 is 2.82 bits per heavy atom. The van der Waals surface area contributed by atoms with Crippen LogP contribution in [-0.2, 0) is 22.5 Å². The second-order valence-electron chi connectivity index (χ2n) is 5.74. The zero-order valence-corrected chi connectivity index (χ0v) is 14.3. The molecule has 0 spiro atoms. The Morgan fingerprint density at radius 2 is 2.18 bits per heavy atom. The van der Waals surface area contributed by atoms with Crippen LogP contribution in [0.4, 0.5) is 0 Å². The van der Waals surface area contributed by atoms with Crippen LogP contribution in [0.15, 0.2) is 10.9 Å². The summed E-state index contributed by atoms with van der Waals surface area (Å²) in [5.74, 6) is 0.634. The number of hydrogen-bond donors (Lipinski definition) is 0. The highest BCUT2D eigenvalue weighted by Crippen LogP contribution is 2.21. The summed E-state index contributed by atoms with van der Waals surface area (Å²) in [5, 5.41) is 0.586. The average molecular weight is 322 g/mol. The van der Waals surface area contributed by atoms with Gasteiger partial charge in [0.2, 0.25) is 0 Å². The van der Waals surface area contributed by atoms with Gasteiger partial charge in [-0.25, -0.2) is 4.98 Å². The van der Waals surface area contributed by atoms with E-state index >= 15 is 0 Å². The monoisotopic (exact) mass is 322 g/mol. The van der Waals surface area contributed by atoms with Gasteiger partial charge in [0.25, 0.3) is 5.56 Å². The molecule has 2 aromatic rings. The minimum Gasteiger partial charge on any atom is -0.464 e. The third-order valence-electron chi connectivity index (χ3n) is 3.49. The third-order valence-corrected chi connectivity index (χ3v) is 4.66. The van der Waals surface area contributed by atoms with Crippen molar-refractivity contribution in [1.29, 1.82) is 0 Å². The molecule has 6 heteroatoms. The SMILES string of the molecule is CCc1cc2c(=O)n(CC(=O)OCCC(C)C)c(C)nc2s1. The standard InChI is InChI=1S/C16H22N2O3S/c1-5-12-8-13-15(22-12)17-11(4)18(16(13)20)9-14(19)21-7-6-10(2)3/h8,10H,5-7,9H2,1-4H3. The van der Waals surface area contributed by atoms with Crippen molar-refractivity contribution in [1.82, 2.24) is 9.55 Å². The molecule has 0 aliphatic carbocycles. The zero-order valence-electron chi connectivity index (χ0n) is 13.5. The second kappa shape index (κ2) is 7.05. The third kappa shape index (κ3) is 3.74. The number of rotatable bonds is 6. The smallest absolute Gasteiger partial charge is 0.326 e.